The van der Waals surface area contributed by atoms with E-state index in [0.717, 1.165) is 49.1 Å². The fourth-order valence-electron chi connectivity index (χ4n) is 4.02. The van der Waals surface area contributed by atoms with Crippen LogP contribution in [-0.4, -0.2) is 21.4 Å². The predicted octanol–water partition coefficient (Wildman–Crippen LogP) is 6.76. The van der Waals surface area contributed by atoms with Gasteiger partial charge >= 0.3 is 0 Å². The molecule has 1 aliphatic heterocycles. The molecule has 0 saturated carbocycles. The molecule has 3 heterocycles. The number of hydrogen-bond acceptors (Lipinski definition) is 6. The Kier molecular flexibility index (Phi) is 5.39. The molecule has 1 aliphatic rings. The van der Waals surface area contributed by atoms with E-state index in [2.05, 4.69) is 45.2 Å². The number of fused-ring (bicyclic) bond motifs is 3. The van der Waals surface area contributed by atoms with Gasteiger partial charge in [-0.05, 0) is 61.9 Å². The van der Waals surface area contributed by atoms with Gasteiger partial charge in [0.15, 0.2) is 0 Å². The summed E-state index contributed by atoms with van der Waals surface area (Å²) < 4.78 is 1.89. The molecule has 0 saturated heterocycles. The second kappa shape index (κ2) is 8.72. The lowest BCUT2D eigenvalue weighted by Crippen LogP contribution is -2.18. The largest absolute Gasteiger partial charge is 0.354 e. The molecule has 3 aromatic carbocycles. The number of rotatable bonds is 4. The van der Waals surface area contributed by atoms with Crippen LogP contribution in [0.1, 0.15) is 27.9 Å². The molecular formula is C27H21N5OS2. The molecule has 0 fully saturated rings. The van der Waals surface area contributed by atoms with Crippen LogP contribution in [-0.2, 0) is 0 Å². The van der Waals surface area contributed by atoms with Crippen molar-refractivity contribution in [2.24, 2.45) is 5.10 Å². The third-order valence-corrected chi connectivity index (χ3v) is 8.13. The monoisotopic (exact) mass is 495 g/mol. The molecule has 0 bridgehead atoms. The Labute approximate surface area is 210 Å². The SMILES string of the molecule is C/C(=N\NC(=O)c1cc2c(C)nn(-c3ccccc3)c2s1)c1ccc2c(c1)Nc1ccccc1S2. The van der Waals surface area contributed by atoms with Gasteiger partial charge in [-0.1, -0.05) is 48.2 Å². The lowest BCUT2D eigenvalue weighted by molar-refractivity contribution is 0.0959. The van der Waals surface area contributed by atoms with Gasteiger partial charge in [-0.25, -0.2) is 10.1 Å². The Morgan fingerprint density at radius 3 is 2.60 bits per heavy atom. The molecule has 8 heteroatoms. The number of hydrazone groups is 1. The zero-order valence-corrected chi connectivity index (χ0v) is 20.7. The van der Waals surface area contributed by atoms with Crippen molar-refractivity contribution in [1.82, 2.24) is 15.2 Å². The van der Waals surface area contributed by atoms with E-state index < -0.39 is 0 Å². The van der Waals surface area contributed by atoms with E-state index in [0.29, 0.717) is 4.88 Å². The fraction of sp³-hybridized carbons (Fsp3) is 0.0741. The molecule has 6 rings (SSSR count). The van der Waals surface area contributed by atoms with E-state index >= 15 is 0 Å². The van der Waals surface area contributed by atoms with Gasteiger partial charge in [0.1, 0.15) is 4.83 Å². The van der Waals surface area contributed by atoms with Crippen molar-refractivity contribution in [1.29, 1.82) is 0 Å². The van der Waals surface area contributed by atoms with Crippen molar-refractivity contribution in [3.05, 3.63) is 95.0 Å². The molecule has 172 valence electrons. The Hall–Kier alpha value is -3.88. The molecule has 6 nitrogen and oxygen atoms in total. The predicted molar refractivity (Wildman–Crippen MR) is 144 cm³/mol. The summed E-state index contributed by atoms with van der Waals surface area (Å²) in [5.74, 6) is -0.231. The second-order valence-electron chi connectivity index (χ2n) is 8.23. The van der Waals surface area contributed by atoms with E-state index in [9.17, 15) is 4.79 Å². The summed E-state index contributed by atoms with van der Waals surface area (Å²) >= 11 is 3.16. The third-order valence-electron chi connectivity index (χ3n) is 5.87. The topological polar surface area (TPSA) is 71.3 Å². The second-order valence-corrected chi connectivity index (χ2v) is 10.3. The molecule has 0 atom stereocenters. The number of aryl methyl sites for hydroxylation is 1. The van der Waals surface area contributed by atoms with Gasteiger partial charge in [0.2, 0.25) is 0 Å². The first-order chi connectivity index (χ1) is 17.1. The fourth-order valence-corrected chi connectivity index (χ4v) is 6.06. The van der Waals surface area contributed by atoms with Gasteiger partial charge in [-0.15, -0.1) is 11.3 Å². The first-order valence-electron chi connectivity index (χ1n) is 11.1. The summed E-state index contributed by atoms with van der Waals surface area (Å²) in [5, 5.41) is 13.5. The maximum Gasteiger partial charge on any atom is 0.281 e. The van der Waals surface area contributed by atoms with Gasteiger partial charge in [-0.2, -0.15) is 10.2 Å². The van der Waals surface area contributed by atoms with E-state index in [1.54, 1.807) is 11.8 Å². The number of amides is 1. The highest BCUT2D eigenvalue weighted by atomic mass is 32.2. The van der Waals surface area contributed by atoms with Crippen LogP contribution in [0.15, 0.2) is 93.8 Å². The normalized spacial score (nSPS) is 12.7. The van der Waals surface area contributed by atoms with E-state index in [-0.39, 0.29) is 5.91 Å². The van der Waals surface area contributed by atoms with Gasteiger partial charge in [-0.3, -0.25) is 4.79 Å². The van der Waals surface area contributed by atoms with E-state index in [4.69, 9.17) is 0 Å². The first-order valence-corrected chi connectivity index (χ1v) is 12.8. The van der Waals surface area contributed by atoms with Gasteiger partial charge < -0.3 is 5.32 Å². The third kappa shape index (κ3) is 4.00. The zero-order chi connectivity index (χ0) is 23.9. The van der Waals surface area contributed by atoms with Gasteiger partial charge in [0, 0.05) is 15.2 Å². The number of carbonyl (C=O) groups excluding carboxylic acids is 1. The van der Waals surface area contributed by atoms with Crippen LogP contribution in [0.2, 0.25) is 0 Å². The molecule has 1 amide bonds. The number of carbonyl (C=O) groups is 1. The average molecular weight is 496 g/mol. The highest BCUT2D eigenvalue weighted by molar-refractivity contribution is 7.99. The summed E-state index contributed by atoms with van der Waals surface area (Å²) in [6, 6.07) is 26.3. The van der Waals surface area contributed by atoms with Crippen LogP contribution in [0.25, 0.3) is 15.9 Å². The zero-order valence-electron chi connectivity index (χ0n) is 19.1. The van der Waals surface area contributed by atoms with Crippen molar-refractivity contribution in [3.8, 4) is 5.69 Å². The number of aromatic nitrogens is 2. The molecule has 0 aliphatic carbocycles. The minimum absolute atomic E-state index is 0.231. The lowest BCUT2D eigenvalue weighted by Gasteiger charge is -2.21. The number of hydrogen-bond donors (Lipinski definition) is 2. The van der Waals surface area contributed by atoms with Crippen molar-refractivity contribution in [2.75, 3.05) is 5.32 Å². The number of para-hydroxylation sites is 2. The standard InChI is InChI=1S/C27H21N5OS2/c1-16(18-12-13-24-22(14-18)28-21-10-6-7-11-23(21)34-24)29-30-26(33)25-15-20-17(2)31-32(27(20)35-25)19-8-4-3-5-9-19/h3-15,28H,1-2H3,(H,30,33)/b29-16+. The quantitative estimate of drug-likeness (QED) is 0.209. The van der Waals surface area contributed by atoms with Crippen molar-refractivity contribution < 1.29 is 4.79 Å². The number of nitrogens with zero attached hydrogens (tertiary/aromatic N) is 3. The number of nitrogens with one attached hydrogen (secondary N) is 2. The molecule has 2 aromatic heterocycles. The summed E-state index contributed by atoms with van der Waals surface area (Å²) in [4.78, 5) is 16.8. The first kappa shape index (κ1) is 21.6. The lowest BCUT2D eigenvalue weighted by atomic mass is 10.1. The summed E-state index contributed by atoms with van der Waals surface area (Å²) in [7, 11) is 0. The van der Waals surface area contributed by atoms with Gasteiger partial charge in [0.25, 0.3) is 5.91 Å². The van der Waals surface area contributed by atoms with Gasteiger partial charge in [0.05, 0.1) is 33.3 Å². The number of thiophene rings is 1. The minimum atomic E-state index is -0.231. The Morgan fingerprint density at radius 2 is 1.74 bits per heavy atom. The average Bonchev–Trinajstić information content (AvgIpc) is 3.46. The van der Waals surface area contributed by atoms with Crippen LogP contribution >= 0.6 is 23.1 Å². The van der Waals surface area contributed by atoms with Crippen molar-refractivity contribution in [3.63, 3.8) is 0 Å². The Balaban J connectivity index is 1.22. The van der Waals surface area contributed by atoms with Crippen molar-refractivity contribution in [2.45, 2.75) is 23.6 Å². The molecule has 2 N–H and O–H groups in total. The molecule has 0 radical (unpaired) electrons. The molecular weight excluding hydrogens is 474 g/mol. The highest BCUT2D eigenvalue weighted by Crippen LogP contribution is 2.44. The number of benzene rings is 3. The van der Waals surface area contributed by atoms with Crippen LogP contribution in [0.3, 0.4) is 0 Å². The summed E-state index contributed by atoms with van der Waals surface area (Å²) in [5.41, 5.74) is 8.40. The van der Waals surface area contributed by atoms with E-state index in [1.165, 1.54) is 16.2 Å². The molecule has 0 unspecified atom stereocenters. The van der Waals surface area contributed by atoms with Crippen LogP contribution < -0.4 is 10.7 Å². The molecule has 5 aromatic rings. The van der Waals surface area contributed by atoms with E-state index in [1.807, 2.05) is 73.1 Å². The Morgan fingerprint density at radius 1 is 0.971 bits per heavy atom. The number of anilines is 2. The molecule has 35 heavy (non-hydrogen) atoms. The van der Waals surface area contributed by atoms with Crippen LogP contribution in [0.5, 0.6) is 0 Å². The maximum atomic E-state index is 12.9. The summed E-state index contributed by atoms with van der Waals surface area (Å²) in [6.07, 6.45) is 0. The minimum Gasteiger partial charge on any atom is -0.354 e. The van der Waals surface area contributed by atoms with Crippen molar-refractivity contribution >= 4 is 56.3 Å². The summed E-state index contributed by atoms with van der Waals surface area (Å²) in [6.45, 7) is 3.85. The molecule has 0 spiro atoms. The Bertz CT molecular complexity index is 1620. The maximum absolute atomic E-state index is 12.9. The smallest absolute Gasteiger partial charge is 0.281 e. The van der Waals surface area contributed by atoms with Crippen LogP contribution in [0, 0.1) is 6.92 Å². The van der Waals surface area contributed by atoms with Crippen LogP contribution in [0.4, 0.5) is 11.4 Å². The highest BCUT2D eigenvalue weighted by Gasteiger charge is 2.18.